The topological polar surface area (TPSA) is 40.7 Å². The second-order valence-electron chi connectivity index (χ2n) is 4.02. The van der Waals surface area contributed by atoms with Crippen molar-refractivity contribution in [3.05, 3.63) is 51.5 Å². The van der Waals surface area contributed by atoms with E-state index < -0.39 is 0 Å². The van der Waals surface area contributed by atoms with E-state index in [0.29, 0.717) is 0 Å². The number of aromatic amines is 1. The Morgan fingerprint density at radius 1 is 1.50 bits per heavy atom. The summed E-state index contributed by atoms with van der Waals surface area (Å²) in [5.74, 6) is 0.941. The van der Waals surface area contributed by atoms with E-state index in [1.54, 1.807) is 6.20 Å². The number of rotatable bonds is 5. The zero-order valence-electron chi connectivity index (χ0n) is 10.1. The van der Waals surface area contributed by atoms with Crippen LogP contribution in [0.4, 0.5) is 0 Å². The van der Waals surface area contributed by atoms with Crippen LogP contribution in [-0.4, -0.2) is 16.5 Å². The lowest BCUT2D eigenvalue weighted by molar-refractivity contribution is 0.526. The van der Waals surface area contributed by atoms with Crippen LogP contribution < -0.4 is 5.32 Å². The third-order valence-electron chi connectivity index (χ3n) is 2.74. The summed E-state index contributed by atoms with van der Waals surface area (Å²) in [6.07, 6.45) is 4.42. The van der Waals surface area contributed by atoms with Gasteiger partial charge in [-0.1, -0.05) is 40.5 Å². The van der Waals surface area contributed by atoms with Gasteiger partial charge in [0, 0.05) is 21.9 Å². The third kappa shape index (κ3) is 3.34. The summed E-state index contributed by atoms with van der Waals surface area (Å²) in [5, 5.41) is 4.19. The Hall–Kier alpha value is -0.840. The molecule has 0 aliphatic heterocycles. The van der Waals surface area contributed by atoms with Crippen molar-refractivity contribution < 1.29 is 0 Å². The molecule has 0 amide bonds. The third-order valence-corrected chi connectivity index (χ3v) is 3.58. The highest BCUT2D eigenvalue weighted by atomic mass is 79.9. The number of aromatic nitrogens is 2. The minimum atomic E-state index is 0.156. The Balaban J connectivity index is 2.18. The average Bonchev–Trinajstić information content (AvgIpc) is 2.85. The highest BCUT2D eigenvalue weighted by Gasteiger charge is 2.15. The van der Waals surface area contributed by atoms with Crippen molar-refractivity contribution in [3.8, 4) is 0 Å². The molecule has 0 aliphatic rings. The number of hydrogen-bond donors (Lipinski definition) is 2. The van der Waals surface area contributed by atoms with Crippen LogP contribution in [0.1, 0.15) is 24.4 Å². The Morgan fingerprint density at radius 2 is 2.33 bits per heavy atom. The fraction of sp³-hybridized carbons (Fsp3) is 0.308. The number of imidazole rings is 1. The van der Waals surface area contributed by atoms with Gasteiger partial charge in [0.05, 0.1) is 6.04 Å². The molecule has 0 radical (unpaired) electrons. The largest absolute Gasteiger partial charge is 0.347 e. The monoisotopic (exact) mass is 327 g/mol. The molecule has 1 heterocycles. The standard InChI is InChI=1S/C13H15BrClN3/c1-2-16-12(13-17-5-6-18-13)7-9-3-4-10(14)8-11(9)15/h3-6,8,12,16H,2,7H2,1H3,(H,17,18). The first-order chi connectivity index (χ1) is 8.70. The van der Waals surface area contributed by atoms with Gasteiger partial charge in [-0.3, -0.25) is 0 Å². The fourth-order valence-electron chi connectivity index (χ4n) is 1.89. The average molecular weight is 329 g/mol. The Labute approximate surface area is 120 Å². The summed E-state index contributed by atoms with van der Waals surface area (Å²) in [7, 11) is 0. The van der Waals surface area contributed by atoms with Gasteiger partial charge in [0.15, 0.2) is 0 Å². The molecule has 1 aromatic carbocycles. The van der Waals surface area contributed by atoms with Crippen LogP contribution in [-0.2, 0) is 6.42 Å². The second-order valence-corrected chi connectivity index (χ2v) is 5.35. The van der Waals surface area contributed by atoms with Gasteiger partial charge in [0.1, 0.15) is 5.82 Å². The molecular weight excluding hydrogens is 314 g/mol. The van der Waals surface area contributed by atoms with Crippen molar-refractivity contribution in [2.75, 3.05) is 6.54 Å². The first-order valence-corrected chi connectivity index (χ1v) is 7.04. The quantitative estimate of drug-likeness (QED) is 0.878. The van der Waals surface area contributed by atoms with Crippen molar-refractivity contribution >= 4 is 27.5 Å². The van der Waals surface area contributed by atoms with Crippen molar-refractivity contribution in [2.24, 2.45) is 0 Å². The van der Waals surface area contributed by atoms with Crippen LogP contribution in [0.25, 0.3) is 0 Å². The molecule has 0 bridgehead atoms. The van der Waals surface area contributed by atoms with E-state index in [4.69, 9.17) is 11.6 Å². The predicted octanol–water partition coefficient (Wildman–Crippen LogP) is 3.72. The molecule has 96 valence electrons. The van der Waals surface area contributed by atoms with Crippen molar-refractivity contribution in [2.45, 2.75) is 19.4 Å². The smallest absolute Gasteiger partial charge is 0.123 e. The van der Waals surface area contributed by atoms with E-state index in [-0.39, 0.29) is 6.04 Å². The second kappa shape index (κ2) is 6.36. The first kappa shape index (κ1) is 13.6. The van der Waals surface area contributed by atoms with Gasteiger partial charge < -0.3 is 10.3 Å². The molecule has 1 unspecified atom stereocenters. The van der Waals surface area contributed by atoms with Gasteiger partial charge in [-0.2, -0.15) is 0 Å². The lowest BCUT2D eigenvalue weighted by atomic mass is 10.1. The van der Waals surface area contributed by atoms with Gasteiger partial charge >= 0.3 is 0 Å². The highest BCUT2D eigenvalue weighted by Crippen LogP contribution is 2.25. The molecule has 0 saturated heterocycles. The number of H-pyrrole nitrogens is 1. The lowest BCUT2D eigenvalue weighted by Gasteiger charge is -2.16. The summed E-state index contributed by atoms with van der Waals surface area (Å²) >= 11 is 9.66. The molecule has 0 aliphatic carbocycles. The SMILES string of the molecule is CCNC(Cc1ccc(Br)cc1Cl)c1ncc[nH]1. The molecule has 0 saturated carbocycles. The van der Waals surface area contributed by atoms with E-state index in [9.17, 15) is 0 Å². The van der Waals surface area contributed by atoms with Crippen molar-refractivity contribution in [1.29, 1.82) is 0 Å². The summed E-state index contributed by atoms with van der Waals surface area (Å²) in [4.78, 5) is 7.46. The van der Waals surface area contributed by atoms with Crippen LogP contribution in [0, 0.1) is 0 Å². The van der Waals surface area contributed by atoms with Gasteiger partial charge in [-0.25, -0.2) is 4.98 Å². The fourth-order valence-corrected chi connectivity index (χ4v) is 2.64. The number of likely N-dealkylation sites (N-methyl/N-ethyl adjacent to an activating group) is 1. The highest BCUT2D eigenvalue weighted by molar-refractivity contribution is 9.10. The Bertz CT molecular complexity index is 499. The molecule has 2 aromatic rings. The summed E-state index contributed by atoms with van der Waals surface area (Å²) in [6, 6.07) is 6.12. The normalized spacial score (nSPS) is 12.6. The van der Waals surface area contributed by atoms with Crippen LogP contribution in [0.15, 0.2) is 35.1 Å². The van der Waals surface area contributed by atoms with Crippen molar-refractivity contribution in [3.63, 3.8) is 0 Å². The minimum Gasteiger partial charge on any atom is -0.347 e. The Morgan fingerprint density at radius 3 is 2.94 bits per heavy atom. The number of halogens is 2. The maximum Gasteiger partial charge on any atom is 0.123 e. The molecule has 0 spiro atoms. The molecule has 0 fully saturated rings. The molecular formula is C13H15BrClN3. The molecule has 3 nitrogen and oxygen atoms in total. The predicted molar refractivity (Wildman–Crippen MR) is 77.9 cm³/mol. The molecule has 2 rings (SSSR count). The summed E-state index contributed by atoms with van der Waals surface area (Å²) < 4.78 is 0.995. The van der Waals surface area contributed by atoms with Gasteiger partial charge in [-0.05, 0) is 30.7 Å². The molecule has 18 heavy (non-hydrogen) atoms. The van der Waals surface area contributed by atoms with Crippen LogP contribution in [0.5, 0.6) is 0 Å². The number of nitrogens with one attached hydrogen (secondary N) is 2. The summed E-state index contributed by atoms with van der Waals surface area (Å²) in [6.45, 7) is 2.97. The lowest BCUT2D eigenvalue weighted by Crippen LogP contribution is -2.24. The Kier molecular flexibility index (Phi) is 4.80. The van der Waals surface area contributed by atoms with Crippen LogP contribution >= 0.6 is 27.5 Å². The van der Waals surface area contributed by atoms with Crippen molar-refractivity contribution in [1.82, 2.24) is 15.3 Å². The van der Waals surface area contributed by atoms with E-state index >= 15 is 0 Å². The molecule has 2 N–H and O–H groups in total. The maximum atomic E-state index is 6.25. The van der Waals surface area contributed by atoms with Gasteiger partial charge in [0.2, 0.25) is 0 Å². The van der Waals surface area contributed by atoms with E-state index in [2.05, 4.69) is 38.1 Å². The summed E-state index contributed by atoms with van der Waals surface area (Å²) in [5.41, 5.74) is 1.11. The first-order valence-electron chi connectivity index (χ1n) is 5.87. The van der Waals surface area contributed by atoms with E-state index in [1.165, 1.54) is 0 Å². The van der Waals surface area contributed by atoms with Crippen LogP contribution in [0.2, 0.25) is 5.02 Å². The van der Waals surface area contributed by atoms with E-state index in [1.807, 2.05) is 24.4 Å². The number of benzene rings is 1. The minimum absolute atomic E-state index is 0.156. The molecule has 5 heteroatoms. The molecule has 1 atom stereocenters. The van der Waals surface area contributed by atoms with E-state index in [0.717, 1.165) is 33.8 Å². The van der Waals surface area contributed by atoms with Gasteiger partial charge in [-0.15, -0.1) is 0 Å². The number of nitrogens with zero attached hydrogens (tertiary/aromatic N) is 1. The maximum absolute atomic E-state index is 6.25. The zero-order chi connectivity index (χ0) is 13.0. The molecule has 1 aromatic heterocycles. The van der Waals surface area contributed by atoms with Crippen LogP contribution in [0.3, 0.4) is 0 Å². The number of hydrogen-bond acceptors (Lipinski definition) is 2. The zero-order valence-corrected chi connectivity index (χ0v) is 12.4. The van der Waals surface area contributed by atoms with Gasteiger partial charge in [0.25, 0.3) is 0 Å².